The van der Waals surface area contributed by atoms with Crippen LogP contribution in [0, 0.1) is 6.92 Å². The Labute approximate surface area is 148 Å². The third kappa shape index (κ3) is 4.93. The lowest BCUT2D eigenvalue weighted by atomic mass is 10.1. The van der Waals surface area contributed by atoms with E-state index in [1.807, 2.05) is 36.1 Å². The summed E-state index contributed by atoms with van der Waals surface area (Å²) in [7, 11) is 0. The maximum absolute atomic E-state index is 12.4. The summed E-state index contributed by atoms with van der Waals surface area (Å²) in [5, 5.41) is 6.22. The van der Waals surface area contributed by atoms with E-state index in [0.29, 0.717) is 45.8 Å². The first-order valence-corrected chi connectivity index (χ1v) is 8.83. The van der Waals surface area contributed by atoms with Crippen LogP contribution in [0.4, 0.5) is 10.5 Å². The van der Waals surface area contributed by atoms with E-state index in [9.17, 15) is 9.59 Å². The molecule has 0 spiro atoms. The molecule has 2 aliphatic rings. The van der Waals surface area contributed by atoms with E-state index in [0.717, 1.165) is 17.8 Å². The zero-order valence-corrected chi connectivity index (χ0v) is 14.7. The summed E-state index contributed by atoms with van der Waals surface area (Å²) in [5.41, 5.74) is 1.90. The van der Waals surface area contributed by atoms with Crippen molar-refractivity contribution in [3.63, 3.8) is 0 Å². The van der Waals surface area contributed by atoms with Gasteiger partial charge in [0.1, 0.15) is 0 Å². The van der Waals surface area contributed by atoms with Crippen LogP contribution in [0.3, 0.4) is 0 Å². The molecule has 25 heavy (non-hydrogen) atoms. The van der Waals surface area contributed by atoms with Crippen LogP contribution in [0.1, 0.15) is 12.0 Å². The number of benzene rings is 1. The van der Waals surface area contributed by atoms with Gasteiger partial charge >= 0.3 is 6.03 Å². The van der Waals surface area contributed by atoms with Crippen molar-refractivity contribution < 1.29 is 14.3 Å². The molecule has 2 aliphatic heterocycles. The van der Waals surface area contributed by atoms with E-state index < -0.39 is 0 Å². The van der Waals surface area contributed by atoms with Gasteiger partial charge in [0, 0.05) is 50.9 Å². The minimum Gasteiger partial charge on any atom is -0.378 e. The Kier molecular flexibility index (Phi) is 5.88. The Morgan fingerprint density at radius 2 is 2.00 bits per heavy atom. The number of ether oxygens (including phenoxy) is 1. The average Bonchev–Trinajstić information content (AvgIpc) is 2.62. The highest BCUT2D eigenvalue weighted by Crippen LogP contribution is 2.12. The van der Waals surface area contributed by atoms with Gasteiger partial charge < -0.3 is 25.2 Å². The van der Waals surface area contributed by atoms with E-state index >= 15 is 0 Å². The Morgan fingerprint density at radius 3 is 2.68 bits per heavy atom. The van der Waals surface area contributed by atoms with Crippen molar-refractivity contribution in [1.29, 1.82) is 0 Å². The smallest absolute Gasteiger partial charge is 0.321 e. The molecule has 3 rings (SSSR count). The van der Waals surface area contributed by atoms with Crippen LogP contribution in [0.2, 0.25) is 0 Å². The molecule has 0 radical (unpaired) electrons. The third-order valence-electron chi connectivity index (χ3n) is 4.61. The predicted octanol–water partition coefficient (Wildman–Crippen LogP) is 1.05. The van der Waals surface area contributed by atoms with Crippen molar-refractivity contribution in [2.45, 2.75) is 19.4 Å². The molecule has 2 fully saturated rings. The zero-order valence-electron chi connectivity index (χ0n) is 14.7. The summed E-state index contributed by atoms with van der Waals surface area (Å²) in [6.07, 6.45) is 0.454. The number of carbonyl (C=O) groups excluding carboxylic acids is 2. The van der Waals surface area contributed by atoms with E-state index in [2.05, 4.69) is 10.6 Å². The van der Waals surface area contributed by atoms with Crippen LogP contribution in [0.5, 0.6) is 0 Å². The van der Waals surface area contributed by atoms with Gasteiger partial charge in [-0.15, -0.1) is 0 Å². The summed E-state index contributed by atoms with van der Waals surface area (Å²) in [4.78, 5) is 28.3. The Hall–Kier alpha value is -2.12. The number of hydrogen-bond donors (Lipinski definition) is 2. The minimum absolute atomic E-state index is 0.101. The zero-order chi connectivity index (χ0) is 17.6. The van der Waals surface area contributed by atoms with Gasteiger partial charge in [-0.1, -0.05) is 12.1 Å². The van der Waals surface area contributed by atoms with Gasteiger partial charge in [0.15, 0.2) is 0 Å². The van der Waals surface area contributed by atoms with Gasteiger partial charge in [-0.2, -0.15) is 0 Å². The lowest BCUT2D eigenvalue weighted by Crippen LogP contribution is -2.53. The van der Waals surface area contributed by atoms with Crippen molar-refractivity contribution >= 4 is 17.6 Å². The summed E-state index contributed by atoms with van der Waals surface area (Å²) in [6.45, 7) is 6.35. The standard InChI is InChI=1S/C18H26N4O3/c1-14-3-2-4-15(11-14)20-18(24)22-8-6-21(7-9-22)17(23)12-16-13-25-10-5-19-16/h2-4,11,16,19H,5-10,12-13H2,1H3,(H,20,24). The van der Waals surface area contributed by atoms with Gasteiger partial charge in [0.25, 0.3) is 0 Å². The van der Waals surface area contributed by atoms with Crippen LogP contribution >= 0.6 is 0 Å². The molecule has 0 aromatic heterocycles. The van der Waals surface area contributed by atoms with Gasteiger partial charge in [-0.3, -0.25) is 4.79 Å². The van der Waals surface area contributed by atoms with E-state index in [1.165, 1.54) is 0 Å². The highest BCUT2D eigenvalue weighted by Gasteiger charge is 2.26. The monoisotopic (exact) mass is 346 g/mol. The molecular formula is C18H26N4O3. The Balaban J connectivity index is 1.44. The first kappa shape index (κ1) is 17.7. The van der Waals surface area contributed by atoms with Gasteiger partial charge in [0.2, 0.25) is 5.91 Å². The molecule has 0 saturated carbocycles. The first-order valence-electron chi connectivity index (χ1n) is 8.83. The summed E-state index contributed by atoms with van der Waals surface area (Å²) < 4.78 is 5.39. The second-order valence-electron chi connectivity index (χ2n) is 6.60. The van der Waals surface area contributed by atoms with Crippen LogP contribution in [-0.4, -0.2) is 73.7 Å². The number of piperazine rings is 1. The number of anilines is 1. The molecule has 2 heterocycles. The molecule has 0 bridgehead atoms. The fourth-order valence-corrected chi connectivity index (χ4v) is 3.18. The van der Waals surface area contributed by atoms with E-state index in [-0.39, 0.29) is 18.0 Å². The topological polar surface area (TPSA) is 73.9 Å². The van der Waals surface area contributed by atoms with Crippen LogP contribution in [0.25, 0.3) is 0 Å². The summed E-state index contributed by atoms with van der Waals surface area (Å²) in [5.74, 6) is 0.127. The summed E-state index contributed by atoms with van der Waals surface area (Å²) in [6, 6.07) is 7.72. The molecule has 3 amide bonds. The number of morpholine rings is 1. The third-order valence-corrected chi connectivity index (χ3v) is 4.61. The Morgan fingerprint density at radius 1 is 1.24 bits per heavy atom. The quantitative estimate of drug-likeness (QED) is 0.858. The largest absolute Gasteiger partial charge is 0.378 e. The van der Waals surface area contributed by atoms with Crippen LogP contribution in [-0.2, 0) is 9.53 Å². The maximum atomic E-state index is 12.4. The highest BCUT2D eigenvalue weighted by atomic mass is 16.5. The molecule has 1 unspecified atom stereocenters. The normalized spacial score (nSPS) is 21.1. The van der Waals surface area contributed by atoms with Gasteiger partial charge in [0.05, 0.1) is 13.2 Å². The molecule has 0 aliphatic carbocycles. The predicted molar refractivity (Wildman–Crippen MR) is 95.6 cm³/mol. The second kappa shape index (κ2) is 8.31. The van der Waals surface area contributed by atoms with Crippen molar-refractivity contribution in [1.82, 2.24) is 15.1 Å². The second-order valence-corrected chi connectivity index (χ2v) is 6.60. The van der Waals surface area contributed by atoms with Gasteiger partial charge in [-0.25, -0.2) is 4.79 Å². The van der Waals surface area contributed by atoms with Crippen molar-refractivity contribution in [3.05, 3.63) is 29.8 Å². The van der Waals surface area contributed by atoms with Crippen molar-refractivity contribution in [2.75, 3.05) is 51.3 Å². The number of amides is 3. The Bertz CT molecular complexity index is 608. The van der Waals surface area contributed by atoms with E-state index in [1.54, 1.807) is 4.90 Å². The van der Waals surface area contributed by atoms with Gasteiger partial charge in [-0.05, 0) is 24.6 Å². The molecular weight excluding hydrogens is 320 g/mol. The SMILES string of the molecule is Cc1cccc(NC(=O)N2CCN(C(=O)CC3COCCN3)CC2)c1. The number of rotatable bonds is 3. The number of urea groups is 1. The molecule has 2 N–H and O–H groups in total. The van der Waals surface area contributed by atoms with E-state index in [4.69, 9.17) is 4.74 Å². The molecule has 1 aromatic rings. The minimum atomic E-state index is -0.111. The number of nitrogens with one attached hydrogen (secondary N) is 2. The lowest BCUT2D eigenvalue weighted by molar-refractivity contribution is -0.133. The number of carbonyl (C=O) groups is 2. The molecule has 7 nitrogen and oxygen atoms in total. The molecule has 2 saturated heterocycles. The van der Waals surface area contributed by atoms with Crippen molar-refractivity contribution in [2.24, 2.45) is 0 Å². The van der Waals surface area contributed by atoms with Crippen LogP contribution < -0.4 is 10.6 Å². The number of hydrogen-bond acceptors (Lipinski definition) is 4. The molecule has 136 valence electrons. The molecule has 1 atom stereocenters. The highest BCUT2D eigenvalue weighted by molar-refractivity contribution is 5.89. The lowest BCUT2D eigenvalue weighted by Gasteiger charge is -2.35. The molecule has 1 aromatic carbocycles. The number of nitrogens with zero attached hydrogens (tertiary/aromatic N) is 2. The fraction of sp³-hybridized carbons (Fsp3) is 0.556. The average molecular weight is 346 g/mol. The first-order chi connectivity index (χ1) is 12.1. The van der Waals surface area contributed by atoms with Crippen LogP contribution in [0.15, 0.2) is 24.3 Å². The maximum Gasteiger partial charge on any atom is 0.321 e. The molecule has 7 heteroatoms. The fourth-order valence-electron chi connectivity index (χ4n) is 3.18. The summed E-state index contributed by atoms with van der Waals surface area (Å²) >= 11 is 0. The van der Waals surface area contributed by atoms with Crippen molar-refractivity contribution in [3.8, 4) is 0 Å². The number of aryl methyl sites for hydroxylation is 1.